The van der Waals surface area contributed by atoms with E-state index in [1.807, 2.05) is 37.3 Å². The lowest BCUT2D eigenvalue weighted by Crippen LogP contribution is -2.15. The zero-order valence-electron chi connectivity index (χ0n) is 10.4. The van der Waals surface area contributed by atoms with E-state index in [9.17, 15) is 4.79 Å². The summed E-state index contributed by atoms with van der Waals surface area (Å²) in [5.74, 6) is -0.0523. The number of carbonyl (C=O) groups is 1. The van der Waals surface area contributed by atoms with Crippen LogP contribution >= 0.6 is 27.5 Å². The lowest BCUT2D eigenvalue weighted by Gasteiger charge is -2.09. The number of amides is 1. The number of aryl methyl sites for hydroxylation is 1. The van der Waals surface area contributed by atoms with E-state index in [1.165, 1.54) is 0 Å². The fourth-order valence-corrected chi connectivity index (χ4v) is 2.33. The fraction of sp³-hybridized carbons (Fsp3) is 0.133. The third kappa shape index (κ3) is 4.08. The van der Waals surface area contributed by atoms with Gasteiger partial charge in [-0.05, 0) is 42.3 Å². The van der Waals surface area contributed by atoms with Crippen molar-refractivity contribution in [1.82, 2.24) is 0 Å². The maximum Gasteiger partial charge on any atom is 0.228 e. The largest absolute Gasteiger partial charge is 0.326 e. The van der Waals surface area contributed by atoms with E-state index in [1.54, 1.807) is 12.1 Å². The van der Waals surface area contributed by atoms with Crippen LogP contribution in [0.25, 0.3) is 0 Å². The van der Waals surface area contributed by atoms with Gasteiger partial charge in [0, 0.05) is 15.2 Å². The van der Waals surface area contributed by atoms with Crippen molar-refractivity contribution in [2.45, 2.75) is 13.3 Å². The minimum Gasteiger partial charge on any atom is -0.326 e. The van der Waals surface area contributed by atoms with E-state index in [0.29, 0.717) is 11.4 Å². The summed E-state index contributed by atoms with van der Waals surface area (Å²) in [5, 5.41) is 3.55. The van der Waals surface area contributed by atoms with Gasteiger partial charge in [0.25, 0.3) is 0 Å². The molecule has 0 saturated heterocycles. The van der Waals surface area contributed by atoms with Crippen molar-refractivity contribution in [2.24, 2.45) is 0 Å². The number of rotatable bonds is 3. The van der Waals surface area contributed by atoms with Crippen LogP contribution in [0.2, 0.25) is 5.02 Å². The number of nitrogens with one attached hydrogen (secondary N) is 1. The molecule has 2 nitrogen and oxygen atoms in total. The molecule has 0 spiro atoms. The normalized spacial score (nSPS) is 10.3. The van der Waals surface area contributed by atoms with E-state index in [0.717, 1.165) is 21.3 Å². The van der Waals surface area contributed by atoms with Crippen LogP contribution in [-0.4, -0.2) is 5.91 Å². The molecule has 0 aliphatic carbocycles. The Bertz CT molecular complexity index is 613. The van der Waals surface area contributed by atoms with E-state index < -0.39 is 0 Å². The summed E-state index contributed by atoms with van der Waals surface area (Å²) in [4.78, 5) is 12.0. The first-order valence-electron chi connectivity index (χ1n) is 5.85. The zero-order valence-corrected chi connectivity index (χ0v) is 12.8. The second-order valence-electron chi connectivity index (χ2n) is 4.31. The van der Waals surface area contributed by atoms with Crippen molar-refractivity contribution in [3.05, 3.63) is 63.1 Å². The van der Waals surface area contributed by atoms with Crippen molar-refractivity contribution >= 4 is 39.1 Å². The van der Waals surface area contributed by atoms with Gasteiger partial charge in [-0.1, -0.05) is 45.7 Å². The third-order valence-electron chi connectivity index (χ3n) is 2.73. The molecule has 98 valence electrons. The zero-order chi connectivity index (χ0) is 13.8. The molecule has 0 fully saturated rings. The molecule has 0 saturated carbocycles. The van der Waals surface area contributed by atoms with Crippen LogP contribution < -0.4 is 5.32 Å². The van der Waals surface area contributed by atoms with Gasteiger partial charge in [-0.25, -0.2) is 0 Å². The highest BCUT2D eigenvalue weighted by Gasteiger charge is 2.06. The number of benzene rings is 2. The molecule has 0 atom stereocenters. The van der Waals surface area contributed by atoms with Crippen molar-refractivity contribution in [1.29, 1.82) is 0 Å². The molecule has 19 heavy (non-hydrogen) atoms. The second kappa shape index (κ2) is 6.22. The molecule has 0 radical (unpaired) electrons. The number of anilines is 1. The Hall–Kier alpha value is -1.32. The summed E-state index contributed by atoms with van der Waals surface area (Å²) in [6, 6.07) is 13.1. The van der Waals surface area contributed by atoms with Gasteiger partial charge in [-0.3, -0.25) is 4.79 Å². The summed E-state index contributed by atoms with van der Waals surface area (Å²) < 4.78 is 0.941. The molecule has 2 aromatic carbocycles. The van der Waals surface area contributed by atoms with Gasteiger partial charge in [-0.15, -0.1) is 0 Å². The van der Waals surface area contributed by atoms with Crippen molar-refractivity contribution in [2.75, 3.05) is 5.32 Å². The van der Waals surface area contributed by atoms with Gasteiger partial charge in [-0.2, -0.15) is 0 Å². The quantitative estimate of drug-likeness (QED) is 0.871. The lowest BCUT2D eigenvalue weighted by atomic mass is 10.1. The molecule has 0 aliphatic rings. The van der Waals surface area contributed by atoms with E-state index in [2.05, 4.69) is 21.2 Å². The first kappa shape index (κ1) is 14.1. The molecule has 0 aromatic heterocycles. The maximum atomic E-state index is 12.0. The number of hydrogen-bond acceptors (Lipinski definition) is 1. The number of carbonyl (C=O) groups excluding carboxylic acids is 1. The third-order valence-corrected chi connectivity index (χ3v) is 3.46. The Kier molecular flexibility index (Phi) is 4.61. The smallest absolute Gasteiger partial charge is 0.228 e. The Morgan fingerprint density at radius 3 is 2.79 bits per heavy atom. The lowest BCUT2D eigenvalue weighted by molar-refractivity contribution is -0.115. The van der Waals surface area contributed by atoms with E-state index >= 15 is 0 Å². The molecular weight excluding hydrogens is 326 g/mol. The summed E-state index contributed by atoms with van der Waals surface area (Å²) in [6.45, 7) is 1.96. The predicted molar refractivity (Wildman–Crippen MR) is 82.7 cm³/mol. The van der Waals surface area contributed by atoms with Gasteiger partial charge in [0.2, 0.25) is 5.91 Å². The summed E-state index contributed by atoms with van der Waals surface area (Å²) >= 11 is 9.29. The second-order valence-corrected chi connectivity index (χ2v) is 5.67. The number of halogens is 2. The van der Waals surface area contributed by atoms with Crippen LogP contribution in [0.15, 0.2) is 46.9 Å². The van der Waals surface area contributed by atoms with Crippen LogP contribution in [0.4, 0.5) is 5.69 Å². The number of hydrogen-bond donors (Lipinski definition) is 1. The van der Waals surface area contributed by atoms with E-state index in [4.69, 9.17) is 11.6 Å². The van der Waals surface area contributed by atoms with Gasteiger partial charge < -0.3 is 5.32 Å². The molecule has 2 aromatic rings. The van der Waals surface area contributed by atoms with Crippen LogP contribution in [0, 0.1) is 6.92 Å². The van der Waals surface area contributed by atoms with Crippen molar-refractivity contribution < 1.29 is 4.79 Å². The summed E-state index contributed by atoms with van der Waals surface area (Å²) in [7, 11) is 0. The molecule has 1 amide bonds. The Morgan fingerprint density at radius 2 is 2.05 bits per heavy atom. The highest BCUT2D eigenvalue weighted by atomic mass is 79.9. The van der Waals surface area contributed by atoms with Crippen molar-refractivity contribution in [3.63, 3.8) is 0 Å². The highest BCUT2D eigenvalue weighted by molar-refractivity contribution is 9.10. The molecule has 0 unspecified atom stereocenters. The molecular formula is C15H13BrClNO. The van der Waals surface area contributed by atoms with Gasteiger partial charge in [0.15, 0.2) is 0 Å². The Labute approximate surface area is 125 Å². The van der Waals surface area contributed by atoms with Crippen LogP contribution in [0.5, 0.6) is 0 Å². The van der Waals surface area contributed by atoms with Crippen LogP contribution in [-0.2, 0) is 11.2 Å². The maximum absolute atomic E-state index is 12.0. The molecule has 0 bridgehead atoms. The average molecular weight is 339 g/mol. The predicted octanol–water partition coefficient (Wildman–Crippen LogP) is 4.59. The fourth-order valence-electron chi connectivity index (χ4n) is 1.76. The summed E-state index contributed by atoms with van der Waals surface area (Å²) in [5.41, 5.74) is 2.75. The Balaban J connectivity index is 2.07. The monoisotopic (exact) mass is 337 g/mol. The van der Waals surface area contributed by atoms with Gasteiger partial charge in [0.1, 0.15) is 0 Å². The molecule has 1 N–H and O–H groups in total. The minimum absolute atomic E-state index is 0.0523. The van der Waals surface area contributed by atoms with Crippen LogP contribution in [0.1, 0.15) is 11.1 Å². The molecule has 4 heteroatoms. The van der Waals surface area contributed by atoms with Gasteiger partial charge in [0.05, 0.1) is 6.42 Å². The molecule has 0 heterocycles. The standard InChI is InChI=1S/C15H13BrClNO/c1-10-5-6-12(16)9-14(10)18-15(19)8-11-3-2-4-13(17)7-11/h2-7,9H,8H2,1H3,(H,18,19). The SMILES string of the molecule is Cc1ccc(Br)cc1NC(=O)Cc1cccc(Cl)c1. The summed E-state index contributed by atoms with van der Waals surface area (Å²) in [6.07, 6.45) is 0.312. The Morgan fingerprint density at radius 1 is 1.26 bits per heavy atom. The highest BCUT2D eigenvalue weighted by Crippen LogP contribution is 2.21. The molecule has 2 rings (SSSR count). The van der Waals surface area contributed by atoms with Crippen LogP contribution in [0.3, 0.4) is 0 Å². The van der Waals surface area contributed by atoms with E-state index in [-0.39, 0.29) is 5.91 Å². The molecule has 0 aliphatic heterocycles. The topological polar surface area (TPSA) is 29.1 Å². The van der Waals surface area contributed by atoms with Gasteiger partial charge >= 0.3 is 0 Å². The minimum atomic E-state index is -0.0523. The average Bonchev–Trinajstić information content (AvgIpc) is 2.34. The van der Waals surface area contributed by atoms with Crippen molar-refractivity contribution in [3.8, 4) is 0 Å². The first-order chi connectivity index (χ1) is 9.04. The first-order valence-corrected chi connectivity index (χ1v) is 7.02.